The van der Waals surface area contributed by atoms with Gasteiger partial charge in [0.1, 0.15) is 0 Å². The Morgan fingerprint density at radius 3 is 1.14 bits per heavy atom. The van der Waals surface area contributed by atoms with Crippen LogP contribution in [0.4, 0.5) is 0 Å². The number of unbranched alkanes of at least 4 members (excludes halogenated alkanes) is 5. The van der Waals surface area contributed by atoms with Crippen LogP contribution in [0.3, 0.4) is 0 Å². The molecule has 8 N–H and O–H groups in total. The molecule has 0 spiro atoms. The van der Waals surface area contributed by atoms with Crippen LogP contribution in [-0.4, -0.2) is 62.0 Å². The molecule has 50 heavy (non-hydrogen) atoms. The first-order valence-electron chi connectivity index (χ1n) is 21.9. The van der Waals surface area contributed by atoms with E-state index in [2.05, 4.69) is 49.5 Å². The number of nitrogens with one attached hydrogen (secondary N) is 8. The van der Waals surface area contributed by atoms with E-state index in [9.17, 15) is 0 Å². The van der Waals surface area contributed by atoms with E-state index in [-0.39, 0.29) is 23.2 Å². The summed E-state index contributed by atoms with van der Waals surface area (Å²) >= 11 is 0. The van der Waals surface area contributed by atoms with Gasteiger partial charge in [-0.05, 0) is 99.2 Å². The van der Waals surface area contributed by atoms with Crippen LogP contribution in [0.2, 0.25) is 0 Å². The normalized spacial score (nSPS) is 49.7. The van der Waals surface area contributed by atoms with Gasteiger partial charge in [0.25, 0.3) is 0 Å². The molecule has 4 aliphatic carbocycles. The maximum Gasteiger partial charge on any atom is 0.0653 e. The zero-order valence-corrected chi connectivity index (χ0v) is 32.0. The van der Waals surface area contributed by atoms with Crippen molar-refractivity contribution in [2.75, 3.05) is 6.61 Å². The van der Waals surface area contributed by atoms with Gasteiger partial charge in [-0.15, -0.1) is 0 Å². The van der Waals surface area contributed by atoms with Crippen molar-refractivity contribution in [3.8, 4) is 0 Å². The number of hydrogen-bond acceptors (Lipinski definition) is 9. The molecule has 289 valence electrons. The smallest absolute Gasteiger partial charge is 0.0653 e. The molecule has 9 fully saturated rings. The largest absolute Gasteiger partial charge is 0.378 e. The fourth-order valence-electron chi connectivity index (χ4n) is 13.3. The summed E-state index contributed by atoms with van der Waals surface area (Å²) in [5, 5.41) is 34.2. The van der Waals surface area contributed by atoms with Crippen molar-refractivity contribution in [2.45, 2.75) is 197 Å². The molecular weight excluding hydrogens is 672 g/mol. The van der Waals surface area contributed by atoms with E-state index < -0.39 is 0 Å². The van der Waals surface area contributed by atoms with E-state index in [1.807, 2.05) is 0 Å². The Morgan fingerprint density at radius 2 is 0.720 bits per heavy atom. The van der Waals surface area contributed by atoms with Gasteiger partial charge in [0, 0.05) is 29.6 Å². The molecule has 5 saturated heterocycles. The van der Waals surface area contributed by atoms with E-state index in [0.717, 1.165) is 18.4 Å². The minimum absolute atomic E-state index is 0. The Hall–Kier alpha value is 0.159. The Labute approximate surface area is 314 Å². The second-order valence-corrected chi connectivity index (χ2v) is 18.3. The molecule has 9 rings (SSSR count). The predicted octanol–water partition coefficient (Wildman–Crippen LogP) is 4.96. The van der Waals surface area contributed by atoms with Crippen LogP contribution < -0.4 is 42.5 Å². The van der Waals surface area contributed by atoms with Crippen LogP contribution in [0.15, 0.2) is 0 Å². The summed E-state index contributed by atoms with van der Waals surface area (Å²) in [4.78, 5) is 0. The number of fused-ring (bicyclic) bond motifs is 20. The summed E-state index contributed by atoms with van der Waals surface area (Å²) in [5.74, 6) is 5.38. The van der Waals surface area contributed by atoms with Gasteiger partial charge in [-0.1, -0.05) is 84.0 Å². The molecular formula is C40H72CuN8O. The predicted molar refractivity (Wildman–Crippen MR) is 196 cm³/mol. The Kier molecular flexibility index (Phi) is 12.5. The maximum atomic E-state index is 6.92. The topological polar surface area (TPSA) is 105 Å². The minimum atomic E-state index is 0. The standard InChI is InChI=1S/C40H72N8O.Cu/c1-2-3-4-5-6-13-23-49-31-22-14-21-30-32(31)40-47-38-29-20-12-11-19-28(29)36(45-38)43-34-25-16-8-7-15-24(25)33(41-34)42-35-26-17-9-10-18-27(26)37(44-35)46-39(30)48-40;/h24-48H,2-23H2,1H3;. The Balaban J connectivity index is 0.00000361. The van der Waals surface area contributed by atoms with Crippen LogP contribution >= 0.6 is 0 Å². The van der Waals surface area contributed by atoms with Gasteiger partial charge in [-0.25, -0.2) is 0 Å². The van der Waals surface area contributed by atoms with Gasteiger partial charge in [-0.3, -0.25) is 42.5 Å². The molecule has 9 nitrogen and oxygen atoms in total. The minimum Gasteiger partial charge on any atom is -0.378 e. The second kappa shape index (κ2) is 16.9. The number of hydrogen-bond donors (Lipinski definition) is 8. The first-order valence-corrected chi connectivity index (χ1v) is 21.9. The van der Waals surface area contributed by atoms with E-state index in [1.165, 1.54) is 135 Å². The molecule has 5 aliphatic heterocycles. The molecule has 0 amide bonds. The van der Waals surface area contributed by atoms with Crippen molar-refractivity contribution in [2.24, 2.45) is 47.3 Å². The molecule has 17 atom stereocenters. The van der Waals surface area contributed by atoms with Crippen LogP contribution in [0.25, 0.3) is 0 Å². The van der Waals surface area contributed by atoms with Gasteiger partial charge < -0.3 is 4.74 Å². The summed E-state index contributed by atoms with van der Waals surface area (Å²) in [6, 6.07) is 0. The monoisotopic (exact) mass is 744 g/mol. The molecule has 9 aliphatic rings. The summed E-state index contributed by atoms with van der Waals surface area (Å²) in [6.07, 6.45) is 31.4. The first-order chi connectivity index (χ1) is 24.2. The molecule has 0 aromatic rings. The van der Waals surface area contributed by atoms with E-state index >= 15 is 0 Å². The third-order valence-electron chi connectivity index (χ3n) is 15.7. The summed E-state index contributed by atoms with van der Waals surface area (Å²) in [7, 11) is 0. The van der Waals surface area contributed by atoms with Gasteiger partial charge >= 0.3 is 0 Å². The van der Waals surface area contributed by atoms with Crippen molar-refractivity contribution in [1.29, 1.82) is 0 Å². The molecule has 1 radical (unpaired) electrons. The summed E-state index contributed by atoms with van der Waals surface area (Å²) in [6.45, 7) is 3.24. The number of rotatable bonds is 8. The van der Waals surface area contributed by atoms with E-state index in [4.69, 9.17) is 4.74 Å². The van der Waals surface area contributed by atoms with Gasteiger partial charge in [0.15, 0.2) is 0 Å². The quantitative estimate of drug-likeness (QED) is 0.130. The van der Waals surface area contributed by atoms with Crippen molar-refractivity contribution in [3.05, 3.63) is 0 Å². The molecule has 0 aromatic carbocycles. The van der Waals surface area contributed by atoms with Crippen molar-refractivity contribution in [3.63, 3.8) is 0 Å². The average molecular weight is 745 g/mol. The van der Waals surface area contributed by atoms with E-state index in [0.29, 0.717) is 84.8 Å². The molecule has 17 unspecified atom stereocenters. The maximum absolute atomic E-state index is 6.92. The molecule has 0 aromatic heterocycles. The Morgan fingerprint density at radius 1 is 0.380 bits per heavy atom. The third kappa shape index (κ3) is 7.42. The molecule has 10 heteroatoms. The second-order valence-electron chi connectivity index (χ2n) is 18.3. The van der Waals surface area contributed by atoms with Gasteiger partial charge in [0.05, 0.1) is 55.4 Å². The fourth-order valence-corrected chi connectivity index (χ4v) is 13.3. The van der Waals surface area contributed by atoms with Crippen molar-refractivity contribution < 1.29 is 21.8 Å². The van der Waals surface area contributed by atoms with Crippen molar-refractivity contribution in [1.82, 2.24) is 42.5 Å². The Bertz CT molecular complexity index is 1090. The van der Waals surface area contributed by atoms with Crippen LogP contribution in [0, 0.1) is 47.3 Å². The third-order valence-corrected chi connectivity index (χ3v) is 15.7. The van der Waals surface area contributed by atoms with Gasteiger partial charge in [0.2, 0.25) is 0 Å². The number of ether oxygens (including phenoxy) is 1. The molecule has 5 heterocycles. The van der Waals surface area contributed by atoms with Crippen molar-refractivity contribution >= 4 is 0 Å². The summed E-state index contributed by atoms with van der Waals surface area (Å²) < 4.78 is 6.92. The van der Waals surface area contributed by atoms with Crippen LogP contribution in [0.5, 0.6) is 0 Å². The van der Waals surface area contributed by atoms with Crippen LogP contribution in [0.1, 0.15) is 142 Å². The van der Waals surface area contributed by atoms with E-state index in [1.54, 1.807) is 0 Å². The zero-order chi connectivity index (χ0) is 32.7. The van der Waals surface area contributed by atoms with Gasteiger partial charge in [-0.2, -0.15) is 0 Å². The van der Waals surface area contributed by atoms with Crippen LogP contribution in [-0.2, 0) is 21.8 Å². The fraction of sp³-hybridized carbons (Fsp3) is 1.00. The average Bonchev–Trinajstić information content (AvgIpc) is 3.87. The molecule has 4 saturated carbocycles. The molecule has 8 bridgehead atoms. The first kappa shape index (κ1) is 37.1. The SMILES string of the molecule is CCCCCCCCOC1CCCC2C3NC4NC(NC5NC(NC6NC(NC(N3)C12)C1CCCCC61)C1CCCCC51)C1CCCCC41.[Cu]. The zero-order valence-electron chi connectivity index (χ0n) is 31.1. The summed E-state index contributed by atoms with van der Waals surface area (Å²) in [5.41, 5.74) is 0.